The van der Waals surface area contributed by atoms with Gasteiger partial charge in [-0.25, -0.2) is 9.59 Å². The lowest BCUT2D eigenvalue weighted by molar-refractivity contribution is -0.149. The van der Waals surface area contributed by atoms with Gasteiger partial charge < -0.3 is 9.15 Å². The lowest BCUT2D eigenvalue weighted by Crippen LogP contribution is -2.47. The summed E-state index contributed by atoms with van der Waals surface area (Å²) in [4.78, 5) is 52.6. The van der Waals surface area contributed by atoms with Crippen LogP contribution in [0.5, 0.6) is 0 Å². The van der Waals surface area contributed by atoms with Crippen molar-refractivity contribution >= 4 is 28.8 Å². The zero-order chi connectivity index (χ0) is 24.5. The van der Waals surface area contributed by atoms with Crippen LogP contribution in [-0.4, -0.2) is 28.7 Å². The smallest absolute Gasteiger partial charge is 0.336 e. The molecule has 0 N–H and O–H groups in total. The molecule has 1 atom stereocenters. The van der Waals surface area contributed by atoms with Crippen molar-refractivity contribution in [2.75, 3.05) is 0 Å². The lowest BCUT2D eigenvalue weighted by Gasteiger charge is -2.25. The van der Waals surface area contributed by atoms with Gasteiger partial charge in [0.05, 0.1) is 11.1 Å². The summed E-state index contributed by atoms with van der Waals surface area (Å²) >= 11 is 0. The number of esters is 1. The number of fused-ring (bicyclic) bond motifs is 2. The number of aryl methyl sites for hydroxylation is 1. The van der Waals surface area contributed by atoms with Crippen molar-refractivity contribution in [2.24, 2.45) is 0 Å². The summed E-state index contributed by atoms with van der Waals surface area (Å²) in [7, 11) is 0. The first kappa shape index (κ1) is 22.3. The fourth-order valence-corrected chi connectivity index (χ4v) is 4.31. The van der Waals surface area contributed by atoms with Crippen molar-refractivity contribution < 1.29 is 23.5 Å². The average molecular weight is 467 g/mol. The Bertz CT molecular complexity index is 1490. The first-order valence-electron chi connectivity index (χ1n) is 11.1. The maximum Gasteiger partial charge on any atom is 0.336 e. The van der Waals surface area contributed by atoms with Gasteiger partial charge in [0.1, 0.15) is 18.2 Å². The molecule has 2 heterocycles. The molecule has 5 rings (SSSR count). The molecule has 3 aromatic carbocycles. The van der Waals surface area contributed by atoms with Crippen LogP contribution in [0.25, 0.3) is 11.0 Å². The second-order valence-corrected chi connectivity index (χ2v) is 8.43. The molecule has 1 aliphatic heterocycles. The quantitative estimate of drug-likeness (QED) is 0.241. The number of hydrogen-bond donors (Lipinski definition) is 0. The molecule has 0 saturated heterocycles. The zero-order valence-electron chi connectivity index (χ0n) is 18.9. The number of rotatable bonds is 6. The number of carbonyl (C=O) groups excluding carboxylic acids is 3. The first-order valence-corrected chi connectivity index (χ1v) is 11.1. The number of carbonyl (C=O) groups is 3. The van der Waals surface area contributed by atoms with E-state index in [0.29, 0.717) is 16.5 Å². The Morgan fingerprint density at radius 3 is 2.23 bits per heavy atom. The second-order valence-electron chi connectivity index (χ2n) is 8.43. The van der Waals surface area contributed by atoms with E-state index in [-0.39, 0.29) is 24.2 Å². The van der Waals surface area contributed by atoms with E-state index in [1.165, 1.54) is 6.07 Å². The van der Waals surface area contributed by atoms with Crippen molar-refractivity contribution in [3.05, 3.63) is 117 Å². The second kappa shape index (κ2) is 9.02. The normalized spacial score (nSPS) is 13.7. The van der Waals surface area contributed by atoms with Crippen molar-refractivity contribution in [2.45, 2.75) is 26.0 Å². The summed E-state index contributed by atoms with van der Waals surface area (Å²) in [5.74, 6) is -1.81. The van der Waals surface area contributed by atoms with E-state index in [2.05, 4.69) is 0 Å². The van der Waals surface area contributed by atoms with Gasteiger partial charge in [0.15, 0.2) is 0 Å². The Morgan fingerprint density at radius 1 is 0.886 bits per heavy atom. The minimum atomic E-state index is -1.17. The number of hydrogen-bond acceptors (Lipinski definition) is 6. The van der Waals surface area contributed by atoms with Crippen molar-refractivity contribution in [1.29, 1.82) is 0 Å². The van der Waals surface area contributed by atoms with Gasteiger partial charge in [-0.15, -0.1) is 0 Å². The topological polar surface area (TPSA) is 93.9 Å². The summed E-state index contributed by atoms with van der Waals surface area (Å²) in [6.07, 6.45) is 0.0992. The molecule has 35 heavy (non-hydrogen) atoms. The fourth-order valence-electron chi connectivity index (χ4n) is 4.31. The molecule has 0 saturated carbocycles. The standard InChI is InChI=1S/C28H21NO6/c1-17-11-12-20-19(15-25(30)35-24(20)13-17)16-34-28(33)23(14-18-7-3-2-4-8-18)29-26(31)21-9-5-6-10-22(21)27(29)32/h2-13,15,23H,14,16H2,1H3/t23-/m1/s1. The van der Waals surface area contributed by atoms with Gasteiger partial charge in [-0.1, -0.05) is 54.6 Å². The van der Waals surface area contributed by atoms with E-state index >= 15 is 0 Å². The van der Waals surface area contributed by atoms with Crippen LogP contribution < -0.4 is 5.63 Å². The molecule has 0 bridgehead atoms. The highest BCUT2D eigenvalue weighted by Crippen LogP contribution is 2.27. The van der Waals surface area contributed by atoms with Crippen LogP contribution in [0, 0.1) is 6.92 Å². The monoisotopic (exact) mass is 467 g/mol. The summed E-state index contributed by atoms with van der Waals surface area (Å²) < 4.78 is 10.9. The third-order valence-electron chi connectivity index (χ3n) is 6.04. The van der Waals surface area contributed by atoms with Gasteiger partial charge in [-0.05, 0) is 36.2 Å². The zero-order valence-corrected chi connectivity index (χ0v) is 18.9. The van der Waals surface area contributed by atoms with E-state index in [1.807, 2.05) is 43.3 Å². The third kappa shape index (κ3) is 4.24. The third-order valence-corrected chi connectivity index (χ3v) is 6.04. The lowest BCUT2D eigenvalue weighted by atomic mass is 10.0. The highest BCUT2D eigenvalue weighted by Gasteiger charge is 2.43. The summed E-state index contributed by atoms with van der Waals surface area (Å²) in [6.45, 7) is 1.67. The highest BCUT2D eigenvalue weighted by atomic mass is 16.5. The van der Waals surface area contributed by atoms with Crippen molar-refractivity contribution in [3.63, 3.8) is 0 Å². The molecule has 4 aromatic rings. The van der Waals surface area contributed by atoms with Crippen LogP contribution in [0.1, 0.15) is 37.4 Å². The Hall–Kier alpha value is -4.52. The van der Waals surface area contributed by atoms with Crippen LogP contribution in [-0.2, 0) is 22.6 Å². The Balaban J connectivity index is 1.46. The van der Waals surface area contributed by atoms with Crippen LogP contribution in [0.3, 0.4) is 0 Å². The molecule has 0 spiro atoms. The van der Waals surface area contributed by atoms with Crippen LogP contribution in [0.4, 0.5) is 0 Å². The number of benzene rings is 3. The molecule has 0 aliphatic carbocycles. The SMILES string of the molecule is Cc1ccc2c(COC(=O)[C@@H](Cc3ccccc3)N3C(=O)c4ccccc4C3=O)cc(=O)oc2c1. The number of imide groups is 1. The molecule has 1 aliphatic rings. The predicted molar refractivity (Wildman–Crippen MR) is 128 cm³/mol. The average Bonchev–Trinajstić information content (AvgIpc) is 3.11. The number of nitrogens with zero attached hydrogens (tertiary/aromatic N) is 1. The van der Waals surface area contributed by atoms with Crippen LogP contribution in [0.15, 0.2) is 88.1 Å². The van der Waals surface area contributed by atoms with Gasteiger partial charge in [0, 0.05) is 23.4 Å². The number of amides is 2. The molecule has 7 nitrogen and oxygen atoms in total. The maximum atomic E-state index is 13.4. The number of ether oxygens (including phenoxy) is 1. The minimum absolute atomic E-state index is 0.0992. The van der Waals surface area contributed by atoms with Gasteiger partial charge in [0.25, 0.3) is 11.8 Å². The Morgan fingerprint density at radius 2 is 1.54 bits per heavy atom. The van der Waals surface area contributed by atoms with Gasteiger partial charge in [-0.3, -0.25) is 14.5 Å². The van der Waals surface area contributed by atoms with Crippen molar-refractivity contribution in [3.8, 4) is 0 Å². The molecule has 0 radical (unpaired) electrons. The van der Waals surface area contributed by atoms with E-state index < -0.39 is 29.5 Å². The molecule has 1 aromatic heterocycles. The van der Waals surface area contributed by atoms with E-state index in [1.54, 1.807) is 36.4 Å². The molecule has 174 valence electrons. The minimum Gasteiger partial charge on any atom is -0.459 e. The molecule has 0 fully saturated rings. The predicted octanol–water partition coefficient (Wildman–Crippen LogP) is 4.05. The summed E-state index contributed by atoms with van der Waals surface area (Å²) in [5, 5.41) is 0.642. The molecule has 2 amide bonds. The molecular formula is C28H21NO6. The highest BCUT2D eigenvalue weighted by molar-refractivity contribution is 6.22. The fraction of sp³-hybridized carbons (Fsp3) is 0.143. The maximum absolute atomic E-state index is 13.4. The first-order chi connectivity index (χ1) is 16.9. The summed E-state index contributed by atoms with van der Waals surface area (Å²) in [6, 6.07) is 21.1. The van der Waals surface area contributed by atoms with E-state index in [9.17, 15) is 19.2 Å². The largest absolute Gasteiger partial charge is 0.459 e. The Kier molecular flexibility index (Phi) is 5.74. The molecule has 0 unspecified atom stereocenters. The molecule has 7 heteroatoms. The van der Waals surface area contributed by atoms with Gasteiger partial charge in [-0.2, -0.15) is 0 Å². The van der Waals surface area contributed by atoms with Crippen molar-refractivity contribution in [1.82, 2.24) is 4.90 Å². The van der Waals surface area contributed by atoms with Gasteiger partial charge >= 0.3 is 11.6 Å². The Labute approximate surface area is 200 Å². The van der Waals surface area contributed by atoms with Crippen LogP contribution >= 0.6 is 0 Å². The van der Waals surface area contributed by atoms with Gasteiger partial charge in [0.2, 0.25) is 0 Å². The molecular weight excluding hydrogens is 446 g/mol. The summed E-state index contributed by atoms with van der Waals surface area (Å²) in [5.41, 5.74) is 2.51. The van der Waals surface area contributed by atoms with Crippen LogP contribution in [0.2, 0.25) is 0 Å². The van der Waals surface area contributed by atoms with E-state index in [4.69, 9.17) is 9.15 Å². The van der Waals surface area contributed by atoms with E-state index in [0.717, 1.165) is 16.0 Å².